The van der Waals surface area contributed by atoms with Gasteiger partial charge in [0.2, 0.25) is 0 Å². The van der Waals surface area contributed by atoms with Crippen molar-refractivity contribution in [1.82, 2.24) is 0 Å². The molecule has 0 heterocycles. The fraction of sp³-hybridized carbons (Fsp3) is 0.0833. The third kappa shape index (κ3) is 2.38. The molecule has 2 nitrogen and oxygen atoms in total. The lowest BCUT2D eigenvalue weighted by Crippen LogP contribution is -2.18. The quantitative estimate of drug-likeness (QED) is 0.750. The second-order valence-corrected chi connectivity index (χ2v) is 3.36. The van der Waals surface area contributed by atoms with Crippen LogP contribution in [0.2, 0.25) is 0 Å². The van der Waals surface area contributed by atoms with Crippen LogP contribution >= 0.6 is 0 Å². The van der Waals surface area contributed by atoms with E-state index in [4.69, 9.17) is 0 Å². The minimum atomic E-state index is -4.81. The molecule has 17 heavy (non-hydrogen) atoms. The van der Waals surface area contributed by atoms with Gasteiger partial charge in [-0.1, -0.05) is 30.3 Å². The summed E-state index contributed by atoms with van der Waals surface area (Å²) in [7, 11) is 0. The van der Waals surface area contributed by atoms with Crippen LogP contribution < -0.4 is 4.74 Å². The van der Waals surface area contributed by atoms with Crippen LogP contribution in [0.4, 0.5) is 13.2 Å². The molecule has 0 atom stereocenters. The van der Waals surface area contributed by atoms with Gasteiger partial charge >= 0.3 is 6.36 Å². The molecule has 2 aromatic carbocycles. The number of benzene rings is 2. The largest absolute Gasteiger partial charge is 0.573 e. The van der Waals surface area contributed by atoms with Crippen LogP contribution in [0, 0.1) is 0 Å². The van der Waals surface area contributed by atoms with Crippen LogP contribution in [-0.2, 0) is 0 Å². The predicted octanol–water partition coefficient (Wildman–Crippen LogP) is 3.55. The van der Waals surface area contributed by atoms with Crippen molar-refractivity contribution in [3.8, 4) is 5.75 Å². The van der Waals surface area contributed by atoms with Gasteiger partial charge in [0.15, 0.2) is 6.29 Å². The average molecular weight is 240 g/mol. The molecule has 0 fully saturated rings. The van der Waals surface area contributed by atoms with Gasteiger partial charge in [-0.2, -0.15) is 0 Å². The average Bonchev–Trinajstić information content (AvgIpc) is 2.27. The number of ether oxygens (including phenoxy) is 1. The van der Waals surface area contributed by atoms with E-state index in [1.165, 1.54) is 6.07 Å². The van der Waals surface area contributed by atoms with Crippen molar-refractivity contribution in [2.24, 2.45) is 0 Å². The number of alkyl halides is 3. The molecule has 0 aliphatic carbocycles. The Bertz CT molecular complexity index is 561. The highest BCUT2D eigenvalue weighted by Crippen LogP contribution is 2.30. The molecule has 0 unspecified atom stereocenters. The van der Waals surface area contributed by atoms with Crippen LogP contribution in [0.25, 0.3) is 10.8 Å². The maximum absolute atomic E-state index is 12.1. The topological polar surface area (TPSA) is 26.3 Å². The molecule has 0 aliphatic rings. The molecule has 0 amide bonds. The van der Waals surface area contributed by atoms with Crippen molar-refractivity contribution >= 4 is 17.1 Å². The minimum absolute atomic E-state index is 0.0968. The second kappa shape index (κ2) is 4.08. The fourth-order valence-corrected chi connectivity index (χ4v) is 1.61. The lowest BCUT2D eigenvalue weighted by molar-refractivity contribution is -0.274. The molecule has 0 bridgehead atoms. The molecule has 5 heteroatoms. The molecule has 0 saturated carbocycles. The molecule has 88 valence electrons. The van der Waals surface area contributed by atoms with E-state index in [1.54, 1.807) is 24.3 Å². The third-order valence-electron chi connectivity index (χ3n) is 2.27. The van der Waals surface area contributed by atoms with Gasteiger partial charge in [0.25, 0.3) is 0 Å². The van der Waals surface area contributed by atoms with E-state index in [1.807, 2.05) is 0 Å². The zero-order valence-corrected chi connectivity index (χ0v) is 8.49. The number of rotatable bonds is 2. The van der Waals surface area contributed by atoms with Crippen molar-refractivity contribution in [1.29, 1.82) is 0 Å². The molecule has 0 N–H and O–H groups in total. The Balaban J connectivity index is 2.61. The molecular formula is C12H7F3O2. The van der Waals surface area contributed by atoms with Gasteiger partial charge in [-0.3, -0.25) is 4.79 Å². The van der Waals surface area contributed by atoms with Gasteiger partial charge in [-0.25, -0.2) is 0 Å². The van der Waals surface area contributed by atoms with E-state index in [0.717, 1.165) is 6.07 Å². The Kier molecular flexibility index (Phi) is 2.75. The minimum Gasteiger partial charge on any atom is -0.405 e. The molecule has 0 spiro atoms. The summed E-state index contributed by atoms with van der Waals surface area (Å²) in [5, 5.41) is 1.12. The number of carbonyl (C=O) groups is 1. The SMILES string of the molecule is O=Cc1c(OC(F)(F)F)ccc2ccccc12. The van der Waals surface area contributed by atoms with Crippen molar-refractivity contribution < 1.29 is 22.7 Å². The first-order chi connectivity index (χ1) is 8.01. The Morgan fingerprint density at radius 2 is 1.76 bits per heavy atom. The number of hydrogen-bond donors (Lipinski definition) is 0. The van der Waals surface area contributed by atoms with Gasteiger partial charge in [-0.05, 0) is 16.8 Å². The van der Waals surface area contributed by atoms with Crippen LogP contribution in [0.1, 0.15) is 10.4 Å². The number of fused-ring (bicyclic) bond motifs is 1. The molecular weight excluding hydrogens is 233 g/mol. The molecule has 0 aliphatic heterocycles. The summed E-state index contributed by atoms with van der Waals surface area (Å²) in [5.74, 6) is -0.480. The first-order valence-corrected chi connectivity index (χ1v) is 4.74. The summed E-state index contributed by atoms with van der Waals surface area (Å²) < 4.78 is 40.2. The maximum atomic E-state index is 12.1. The van der Waals surface area contributed by atoms with Gasteiger partial charge < -0.3 is 4.74 Å². The monoisotopic (exact) mass is 240 g/mol. The van der Waals surface area contributed by atoms with Gasteiger partial charge in [0.1, 0.15) is 5.75 Å². The number of halogens is 3. The number of hydrogen-bond acceptors (Lipinski definition) is 2. The highest BCUT2D eigenvalue weighted by molar-refractivity contribution is 6.00. The highest BCUT2D eigenvalue weighted by atomic mass is 19.4. The summed E-state index contributed by atoms with van der Waals surface area (Å²) in [6.07, 6.45) is -4.44. The first kappa shape index (κ1) is 11.4. The molecule has 2 aromatic rings. The van der Waals surface area contributed by atoms with E-state index in [-0.39, 0.29) is 5.56 Å². The zero-order valence-electron chi connectivity index (χ0n) is 8.49. The van der Waals surface area contributed by atoms with Crippen LogP contribution in [0.5, 0.6) is 5.75 Å². The third-order valence-corrected chi connectivity index (χ3v) is 2.27. The van der Waals surface area contributed by atoms with Gasteiger partial charge in [0.05, 0.1) is 5.56 Å². The Morgan fingerprint density at radius 1 is 1.06 bits per heavy atom. The Hall–Kier alpha value is -2.04. The summed E-state index contributed by atoms with van der Waals surface area (Å²) in [6.45, 7) is 0. The van der Waals surface area contributed by atoms with Crippen LogP contribution in [0.15, 0.2) is 36.4 Å². The van der Waals surface area contributed by atoms with E-state index in [0.29, 0.717) is 17.1 Å². The van der Waals surface area contributed by atoms with E-state index in [2.05, 4.69) is 4.74 Å². The standard InChI is InChI=1S/C12H7F3O2/c13-12(14,15)17-11-6-5-8-3-1-2-4-9(8)10(11)7-16/h1-7H. The van der Waals surface area contributed by atoms with Crippen molar-refractivity contribution in [3.05, 3.63) is 42.0 Å². The predicted molar refractivity (Wildman–Crippen MR) is 56.0 cm³/mol. The van der Waals surface area contributed by atoms with Crippen molar-refractivity contribution in [3.63, 3.8) is 0 Å². The fourth-order valence-electron chi connectivity index (χ4n) is 1.61. The zero-order chi connectivity index (χ0) is 12.5. The van der Waals surface area contributed by atoms with Crippen molar-refractivity contribution in [2.45, 2.75) is 6.36 Å². The summed E-state index contributed by atoms with van der Waals surface area (Å²) in [6, 6.07) is 9.28. The van der Waals surface area contributed by atoms with Gasteiger partial charge in [-0.15, -0.1) is 13.2 Å². The smallest absolute Gasteiger partial charge is 0.405 e. The lowest BCUT2D eigenvalue weighted by atomic mass is 10.0. The molecule has 0 aromatic heterocycles. The summed E-state index contributed by atoms with van der Waals surface area (Å²) >= 11 is 0. The highest BCUT2D eigenvalue weighted by Gasteiger charge is 2.32. The van der Waals surface area contributed by atoms with Gasteiger partial charge in [0, 0.05) is 0 Å². The van der Waals surface area contributed by atoms with E-state index < -0.39 is 12.1 Å². The molecule has 0 radical (unpaired) electrons. The van der Waals surface area contributed by atoms with Crippen LogP contribution in [-0.4, -0.2) is 12.6 Å². The maximum Gasteiger partial charge on any atom is 0.573 e. The van der Waals surface area contributed by atoms with Crippen LogP contribution in [0.3, 0.4) is 0 Å². The second-order valence-electron chi connectivity index (χ2n) is 3.36. The molecule has 0 saturated heterocycles. The first-order valence-electron chi connectivity index (χ1n) is 4.74. The summed E-state index contributed by atoms with van der Waals surface area (Å²) in [5.41, 5.74) is -0.0968. The number of carbonyl (C=O) groups excluding carboxylic acids is 1. The van der Waals surface area contributed by atoms with Crippen molar-refractivity contribution in [2.75, 3.05) is 0 Å². The Morgan fingerprint density at radius 3 is 2.41 bits per heavy atom. The van der Waals surface area contributed by atoms with E-state index in [9.17, 15) is 18.0 Å². The number of aldehydes is 1. The normalized spacial score (nSPS) is 11.5. The molecule has 2 rings (SSSR count). The summed E-state index contributed by atoms with van der Waals surface area (Å²) in [4.78, 5) is 10.9. The lowest BCUT2D eigenvalue weighted by Gasteiger charge is -2.12. The van der Waals surface area contributed by atoms with E-state index >= 15 is 0 Å². The Labute approximate surface area is 94.6 Å².